The molecule has 0 aliphatic heterocycles. The van der Waals surface area contributed by atoms with Crippen LogP contribution in [-0.2, 0) is 9.53 Å². The van der Waals surface area contributed by atoms with E-state index in [1.165, 1.54) is 0 Å². The average molecular weight is 316 g/mol. The number of rotatable bonds is 8. The zero-order chi connectivity index (χ0) is 15.0. The first kappa shape index (κ1) is 16.7. The van der Waals surface area contributed by atoms with Crippen LogP contribution in [0.4, 0.5) is 5.69 Å². The van der Waals surface area contributed by atoms with Crippen LogP contribution in [0.15, 0.2) is 18.2 Å². The van der Waals surface area contributed by atoms with Gasteiger partial charge in [0.15, 0.2) is 0 Å². The molecule has 0 unspecified atom stereocenters. The molecule has 20 heavy (non-hydrogen) atoms. The molecule has 0 saturated carbocycles. The predicted octanol–water partition coefficient (Wildman–Crippen LogP) is 1.54. The number of thiocarbonyl (C=S) groups is 1. The van der Waals surface area contributed by atoms with Crippen molar-refractivity contribution in [2.24, 2.45) is 5.73 Å². The normalized spacial score (nSPS) is 10.1. The second kappa shape index (κ2) is 8.73. The van der Waals surface area contributed by atoms with E-state index in [1.807, 2.05) is 0 Å². The van der Waals surface area contributed by atoms with Gasteiger partial charge in [0.25, 0.3) is 0 Å². The summed E-state index contributed by atoms with van der Waals surface area (Å²) in [6.07, 6.45) is 0.340. The van der Waals surface area contributed by atoms with E-state index in [4.69, 9.17) is 34.3 Å². The molecule has 0 atom stereocenters. The third-order valence-corrected chi connectivity index (χ3v) is 3.00. The van der Waals surface area contributed by atoms with Crippen LogP contribution in [0.3, 0.4) is 0 Å². The molecule has 0 spiro atoms. The maximum Gasteiger partial charge on any atom is 0.221 e. The minimum absolute atomic E-state index is 0.0477. The average Bonchev–Trinajstić information content (AvgIpc) is 2.38. The summed E-state index contributed by atoms with van der Waals surface area (Å²) in [4.78, 5) is 11.8. The van der Waals surface area contributed by atoms with Gasteiger partial charge >= 0.3 is 0 Å². The summed E-state index contributed by atoms with van der Waals surface area (Å²) >= 11 is 10.9. The number of carbonyl (C=O) groups excluding carboxylic acids is 1. The number of hydrogen-bond acceptors (Lipinski definition) is 4. The Kier molecular flexibility index (Phi) is 7.28. The summed E-state index contributed by atoms with van der Waals surface area (Å²) in [5.74, 6) is -0.0477. The van der Waals surface area contributed by atoms with Gasteiger partial charge in [0.05, 0.1) is 6.61 Å². The van der Waals surface area contributed by atoms with Gasteiger partial charge in [-0.3, -0.25) is 4.79 Å². The molecule has 0 aromatic heterocycles. The van der Waals surface area contributed by atoms with E-state index in [2.05, 4.69) is 10.6 Å². The molecule has 0 heterocycles. The van der Waals surface area contributed by atoms with E-state index >= 15 is 0 Å². The summed E-state index contributed by atoms with van der Waals surface area (Å²) in [6, 6.07) is 5.21. The highest BCUT2D eigenvalue weighted by atomic mass is 35.5. The second-order valence-corrected chi connectivity index (χ2v) is 4.95. The van der Waals surface area contributed by atoms with Crippen molar-refractivity contribution in [2.75, 3.05) is 32.1 Å². The van der Waals surface area contributed by atoms with Crippen LogP contribution in [0.1, 0.15) is 12.0 Å². The first-order valence-corrected chi connectivity index (χ1v) is 6.92. The fraction of sp³-hybridized carbons (Fsp3) is 0.385. The minimum atomic E-state index is -0.0477. The van der Waals surface area contributed by atoms with Gasteiger partial charge in [0, 0.05) is 42.9 Å². The van der Waals surface area contributed by atoms with E-state index < -0.39 is 0 Å². The number of carbonyl (C=O) groups is 1. The number of amides is 1. The van der Waals surface area contributed by atoms with Crippen molar-refractivity contribution in [3.63, 3.8) is 0 Å². The molecule has 110 valence electrons. The van der Waals surface area contributed by atoms with Gasteiger partial charge in [-0.1, -0.05) is 23.8 Å². The van der Waals surface area contributed by atoms with Gasteiger partial charge in [0.1, 0.15) is 4.99 Å². The lowest BCUT2D eigenvalue weighted by Gasteiger charge is -2.11. The number of nitrogens with two attached hydrogens (primary N) is 1. The van der Waals surface area contributed by atoms with Crippen molar-refractivity contribution in [3.8, 4) is 0 Å². The molecule has 4 N–H and O–H groups in total. The van der Waals surface area contributed by atoms with E-state index in [-0.39, 0.29) is 10.9 Å². The predicted molar refractivity (Wildman–Crippen MR) is 85.3 cm³/mol. The molecule has 1 rings (SSSR count). The molecular weight excluding hydrogens is 298 g/mol. The van der Waals surface area contributed by atoms with Gasteiger partial charge in [0.2, 0.25) is 5.91 Å². The molecule has 0 saturated heterocycles. The third-order valence-electron chi connectivity index (χ3n) is 2.54. The van der Waals surface area contributed by atoms with Crippen LogP contribution in [0.5, 0.6) is 0 Å². The Morgan fingerprint density at radius 2 is 2.20 bits per heavy atom. The van der Waals surface area contributed by atoms with Crippen molar-refractivity contribution in [1.29, 1.82) is 0 Å². The molecule has 0 bridgehead atoms. The Bertz CT molecular complexity index is 483. The molecule has 0 aliphatic carbocycles. The molecule has 7 heteroatoms. The molecular formula is C13H18ClN3O2S. The van der Waals surface area contributed by atoms with Gasteiger partial charge in [-0.15, -0.1) is 0 Å². The Morgan fingerprint density at radius 3 is 2.85 bits per heavy atom. The summed E-state index contributed by atoms with van der Waals surface area (Å²) < 4.78 is 4.85. The van der Waals surface area contributed by atoms with E-state index in [9.17, 15) is 4.79 Å². The zero-order valence-corrected chi connectivity index (χ0v) is 12.8. The number of hydrogen-bond donors (Lipinski definition) is 3. The number of anilines is 1. The van der Waals surface area contributed by atoms with Crippen LogP contribution in [0.2, 0.25) is 5.02 Å². The largest absolute Gasteiger partial charge is 0.389 e. The molecule has 0 fully saturated rings. The lowest BCUT2D eigenvalue weighted by Crippen LogP contribution is -2.28. The molecule has 0 aliphatic rings. The monoisotopic (exact) mass is 315 g/mol. The van der Waals surface area contributed by atoms with Gasteiger partial charge < -0.3 is 21.1 Å². The van der Waals surface area contributed by atoms with Crippen LogP contribution < -0.4 is 16.4 Å². The zero-order valence-electron chi connectivity index (χ0n) is 11.2. The summed E-state index contributed by atoms with van der Waals surface area (Å²) in [7, 11) is 1.59. The van der Waals surface area contributed by atoms with Crippen LogP contribution in [-0.4, -0.2) is 37.7 Å². The van der Waals surface area contributed by atoms with Crippen LogP contribution >= 0.6 is 23.8 Å². The summed E-state index contributed by atoms with van der Waals surface area (Å²) in [5, 5.41) is 6.43. The van der Waals surface area contributed by atoms with Gasteiger partial charge in [-0.2, -0.15) is 0 Å². The first-order valence-electron chi connectivity index (χ1n) is 6.13. The third kappa shape index (κ3) is 5.73. The number of benzene rings is 1. The summed E-state index contributed by atoms with van der Waals surface area (Å²) in [6.45, 7) is 1.47. The Hall–Kier alpha value is -1.37. The van der Waals surface area contributed by atoms with Gasteiger partial charge in [-0.05, 0) is 18.2 Å². The van der Waals surface area contributed by atoms with Crippen molar-refractivity contribution < 1.29 is 9.53 Å². The van der Waals surface area contributed by atoms with E-state index in [0.29, 0.717) is 36.7 Å². The Morgan fingerprint density at radius 1 is 1.45 bits per heavy atom. The lowest BCUT2D eigenvalue weighted by molar-refractivity contribution is -0.121. The molecule has 1 amide bonds. The maximum absolute atomic E-state index is 11.5. The number of nitrogens with one attached hydrogen (secondary N) is 2. The van der Waals surface area contributed by atoms with Crippen molar-refractivity contribution in [3.05, 3.63) is 28.8 Å². The lowest BCUT2D eigenvalue weighted by atomic mass is 10.1. The van der Waals surface area contributed by atoms with Gasteiger partial charge in [-0.25, -0.2) is 0 Å². The smallest absolute Gasteiger partial charge is 0.221 e. The fourth-order valence-corrected chi connectivity index (χ4v) is 1.92. The topological polar surface area (TPSA) is 76.4 Å². The van der Waals surface area contributed by atoms with E-state index in [0.717, 1.165) is 5.69 Å². The van der Waals surface area contributed by atoms with E-state index in [1.54, 1.807) is 25.3 Å². The quantitative estimate of drug-likeness (QED) is 0.501. The highest BCUT2D eigenvalue weighted by Gasteiger charge is 2.07. The SMILES string of the molecule is COCCNC(=O)CCNc1cc(Cl)ccc1C(N)=S. The Balaban J connectivity index is 2.47. The standard InChI is InChI=1S/C13H18ClN3O2S/c1-19-7-6-17-12(18)4-5-16-11-8-9(14)2-3-10(11)13(15)20/h2-3,8,16H,4-7H2,1H3,(H2,15,20)(H,17,18). The molecule has 0 radical (unpaired) electrons. The van der Waals surface area contributed by atoms with Crippen molar-refractivity contribution >= 4 is 40.4 Å². The number of ether oxygens (including phenoxy) is 1. The van der Waals surface area contributed by atoms with Crippen LogP contribution in [0.25, 0.3) is 0 Å². The first-order chi connectivity index (χ1) is 9.54. The number of methoxy groups -OCH3 is 1. The fourth-order valence-electron chi connectivity index (χ4n) is 1.57. The maximum atomic E-state index is 11.5. The minimum Gasteiger partial charge on any atom is -0.389 e. The highest BCUT2D eigenvalue weighted by Crippen LogP contribution is 2.21. The van der Waals surface area contributed by atoms with Crippen LogP contribution in [0, 0.1) is 0 Å². The van der Waals surface area contributed by atoms with Crippen molar-refractivity contribution in [2.45, 2.75) is 6.42 Å². The number of halogens is 1. The molecule has 5 nitrogen and oxygen atoms in total. The molecule has 1 aromatic carbocycles. The highest BCUT2D eigenvalue weighted by molar-refractivity contribution is 7.80. The molecule has 1 aromatic rings. The second-order valence-electron chi connectivity index (χ2n) is 4.07. The summed E-state index contributed by atoms with van der Waals surface area (Å²) in [5.41, 5.74) is 7.08. The Labute approximate surface area is 128 Å². The van der Waals surface area contributed by atoms with Crippen molar-refractivity contribution in [1.82, 2.24) is 5.32 Å².